The molecule has 82 valence electrons. The standard InChI is InChI=1S/C8H5NO2.C3H5NO/c10-7-5-3-1-2-4-6(5)8(11)9-7;1-2-4-5-3-1/h1-4H,(H,9,10,11);2H,1,3H2. The predicted octanol–water partition coefficient (Wildman–Crippen LogP) is 0.963. The predicted molar refractivity (Wildman–Crippen MR) is 57.3 cm³/mol. The lowest BCUT2D eigenvalue weighted by Crippen LogP contribution is -2.19. The Kier molecular flexibility index (Phi) is 2.95. The Morgan fingerprint density at radius 2 is 1.75 bits per heavy atom. The van der Waals surface area contributed by atoms with Crippen molar-refractivity contribution in [2.75, 3.05) is 6.61 Å². The van der Waals surface area contributed by atoms with Gasteiger partial charge in [0.15, 0.2) is 0 Å². The van der Waals surface area contributed by atoms with E-state index in [4.69, 9.17) is 0 Å². The molecule has 1 N–H and O–H groups in total. The Morgan fingerprint density at radius 3 is 2.12 bits per heavy atom. The zero-order valence-electron chi connectivity index (χ0n) is 8.47. The lowest BCUT2D eigenvalue weighted by molar-refractivity contribution is 0.0879. The maximum atomic E-state index is 10.9. The molecule has 0 radical (unpaired) electrons. The number of carbonyl (C=O) groups is 2. The van der Waals surface area contributed by atoms with E-state index in [1.807, 2.05) is 0 Å². The van der Waals surface area contributed by atoms with Crippen LogP contribution in [0.1, 0.15) is 27.1 Å². The van der Waals surface area contributed by atoms with Crippen molar-refractivity contribution in [2.45, 2.75) is 6.42 Å². The van der Waals surface area contributed by atoms with Gasteiger partial charge in [-0.15, -0.1) is 0 Å². The number of nitrogens with one attached hydrogen (secondary N) is 1. The molecular weight excluding hydrogens is 208 g/mol. The Bertz CT molecular complexity index is 415. The molecule has 0 saturated heterocycles. The van der Waals surface area contributed by atoms with Crippen LogP contribution in [0.5, 0.6) is 0 Å². The zero-order valence-corrected chi connectivity index (χ0v) is 8.47. The summed E-state index contributed by atoms with van der Waals surface area (Å²) in [5, 5.41) is 5.66. The molecule has 0 aromatic heterocycles. The maximum Gasteiger partial charge on any atom is 0.258 e. The van der Waals surface area contributed by atoms with Gasteiger partial charge >= 0.3 is 0 Å². The lowest BCUT2D eigenvalue weighted by atomic mass is 10.1. The second-order valence-electron chi connectivity index (χ2n) is 3.24. The summed E-state index contributed by atoms with van der Waals surface area (Å²) >= 11 is 0. The summed E-state index contributed by atoms with van der Waals surface area (Å²) < 4.78 is 0. The van der Waals surface area contributed by atoms with Gasteiger partial charge in [0.1, 0.15) is 6.61 Å². The second kappa shape index (κ2) is 4.57. The lowest BCUT2D eigenvalue weighted by Gasteiger charge is -1.88. The van der Waals surface area contributed by atoms with Crippen LogP contribution < -0.4 is 5.32 Å². The fourth-order valence-electron chi connectivity index (χ4n) is 1.38. The molecule has 0 aliphatic carbocycles. The summed E-state index contributed by atoms with van der Waals surface area (Å²) in [5.74, 6) is -0.601. The summed E-state index contributed by atoms with van der Waals surface area (Å²) in [6.07, 6.45) is 2.75. The summed E-state index contributed by atoms with van der Waals surface area (Å²) in [7, 11) is 0. The molecule has 0 fully saturated rings. The molecule has 0 atom stereocenters. The van der Waals surface area contributed by atoms with Gasteiger partial charge < -0.3 is 4.84 Å². The summed E-state index contributed by atoms with van der Waals surface area (Å²) in [6.45, 7) is 0.778. The van der Waals surface area contributed by atoms with Crippen LogP contribution in [0.3, 0.4) is 0 Å². The molecule has 1 aromatic carbocycles. The Hall–Kier alpha value is -2.17. The van der Waals surface area contributed by atoms with E-state index in [9.17, 15) is 9.59 Å². The summed E-state index contributed by atoms with van der Waals surface area (Å²) in [5.41, 5.74) is 0.940. The Balaban J connectivity index is 0.000000162. The van der Waals surface area contributed by atoms with Crippen molar-refractivity contribution in [2.24, 2.45) is 5.16 Å². The normalized spacial score (nSPS) is 16.0. The van der Waals surface area contributed by atoms with E-state index < -0.39 is 0 Å². The van der Waals surface area contributed by atoms with Gasteiger partial charge in [0.2, 0.25) is 0 Å². The molecule has 5 nitrogen and oxygen atoms in total. The first-order valence-electron chi connectivity index (χ1n) is 4.87. The first-order valence-corrected chi connectivity index (χ1v) is 4.87. The number of fused-ring (bicyclic) bond motifs is 1. The van der Waals surface area contributed by atoms with Crippen molar-refractivity contribution in [1.82, 2.24) is 5.32 Å². The van der Waals surface area contributed by atoms with Crippen molar-refractivity contribution in [3.8, 4) is 0 Å². The van der Waals surface area contributed by atoms with E-state index in [2.05, 4.69) is 15.3 Å². The minimum atomic E-state index is -0.300. The third kappa shape index (κ3) is 2.08. The number of rotatable bonds is 0. The summed E-state index contributed by atoms with van der Waals surface area (Å²) in [6, 6.07) is 6.74. The number of hydrogen-bond acceptors (Lipinski definition) is 4. The monoisotopic (exact) mass is 218 g/mol. The Labute approximate surface area is 92.1 Å². The smallest absolute Gasteiger partial charge is 0.258 e. The third-order valence-electron chi connectivity index (χ3n) is 2.13. The number of imide groups is 1. The zero-order chi connectivity index (χ0) is 11.4. The number of nitrogens with zero attached hydrogens (tertiary/aromatic N) is 1. The van der Waals surface area contributed by atoms with Gasteiger partial charge in [0.25, 0.3) is 11.8 Å². The molecule has 3 rings (SSSR count). The van der Waals surface area contributed by atoms with Crippen LogP contribution in [0.4, 0.5) is 0 Å². The van der Waals surface area contributed by atoms with E-state index >= 15 is 0 Å². The van der Waals surface area contributed by atoms with Gasteiger partial charge in [-0.25, -0.2) is 0 Å². The molecule has 2 amide bonds. The molecule has 2 heterocycles. The molecule has 0 bridgehead atoms. The number of hydrogen-bond donors (Lipinski definition) is 1. The van der Waals surface area contributed by atoms with Gasteiger partial charge in [-0.05, 0) is 12.1 Å². The van der Waals surface area contributed by atoms with Crippen LogP contribution in [0.25, 0.3) is 0 Å². The number of amides is 2. The first kappa shape index (κ1) is 10.4. The van der Waals surface area contributed by atoms with Crippen LogP contribution in [-0.4, -0.2) is 24.6 Å². The average Bonchev–Trinajstić information content (AvgIpc) is 2.94. The highest BCUT2D eigenvalue weighted by molar-refractivity contribution is 6.21. The number of carbonyl (C=O) groups excluding carboxylic acids is 2. The van der Waals surface area contributed by atoms with E-state index in [-0.39, 0.29) is 11.8 Å². The molecule has 2 aliphatic rings. The van der Waals surface area contributed by atoms with Crippen molar-refractivity contribution in [1.29, 1.82) is 0 Å². The van der Waals surface area contributed by atoms with Crippen LogP contribution in [0, 0.1) is 0 Å². The van der Waals surface area contributed by atoms with Gasteiger partial charge in [-0.2, -0.15) is 0 Å². The van der Waals surface area contributed by atoms with Crippen LogP contribution in [0.2, 0.25) is 0 Å². The van der Waals surface area contributed by atoms with Crippen molar-refractivity contribution in [3.63, 3.8) is 0 Å². The average molecular weight is 218 g/mol. The number of oxime groups is 1. The molecule has 0 unspecified atom stereocenters. The molecule has 5 heteroatoms. The molecule has 0 spiro atoms. The van der Waals surface area contributed by atoms with Crippen LogP contribution in [-0.2, 0) is 4.84 Å². The van der Waals surface area contributed by atoms with Crippen LogP contribution in [0.15, 0.2) is 29.4 Å². The van der Waals surface area contributed by atoms with Gasteiger partial charge in [0.05, 0.1) is 11.1 Å². The topological polar surface area (TPSA) is 67.8 Å². The first-order chi connectivity index (χ1) is 7.79. The largest absolute Gasteiger partial charge is 0.396 e. The van der Waals surface area contributed by atoms with Gasteiger partial charge in [0, 0.05) is 12.6 Å². The van der Waals surface area contributed by atoms with E-state index in [0.29, 0.717) is 11.1 Å². The SMILES string of the molecule is C1=NOCC1.O=C1NC(=O)c2ccccc21. The maximum absolute atomic E-state index is 10.9. The van der Waals surface area contributed by atoms with Gasteiger partial charge in [-0.1, -0.05) is 17.3 Å². The molecular formula is C11H10N2O3. The van der Waals surface area contributed by atoms with E-state index in [1.165, 1.54) is 0 Å². The fourth-order valence-corrected chi connectivity index (χ4v) is 1.38. The minimum absolute atomic E-state index is 0.300. The molecule has 2 aliphatic heterocycles. The highest BCUT2D eigenvalue weighted by atomic mass is 16.6. The van der Waals surface area contributed by atoms with Crippen molar-refractivity contribution < 1.29 is 14.4 Å². The van der Waals surface area contributed by atoms with Crippen molar-refractivity contribution in [3.05, 3.63) is 35.4 Å². The quantitative estimate of drug-likeness (QED) is 0.659. The molecule has 1 aromatic rings. The highest BCUT2D eigenvalue weighted by Crippen LogP contribution is 2.13. The van der Waals surface area contributed by atoms with Gasteiger partial charge in [-0.3, -0.25) is 14.9 Å². The summed E-state index contributed by atoms with van der Waals surface area (Å²) in [4.78, 5) is 26.4. The minimum Gasteiger partial charge on any atom is -0.396 e. The second-order valence-corrected chi connectivity index (χ2v) is 3.24. The third-order valence-corrected chi connectivity index (χ3v) is 2.13. The Morgan fingerprint density at radius 1 is 1.12 bits per heavy atom. The highest BCUT2D eigenvalue weighted by Gasteiger charge is 2.25. The molecule has 16 heavy (non-hydrogen) atoms. The van der Waals surface area contributed by atoms with E-state index in [0.717, 1.165) is 13.0 Å². The van der Waals surface area contributed by atoms with E-state index in [1.54, 1.807) is 30.5 Å². The molecule has 0 saturated carbocycles. The van der Waals surface area contributed by atoms with Crippen LogP contribution >= 0.6 is 0 Å². The fraction of sp³-hybridized carbons (Fsp3) is 0.182. The van der Waals surface area contributed by atoms with Crippen molar-refractivity contribution >= 4 is 18.0 Å². The number of benzene rings is 1.